The summed E-state index contributed by atoms with van der Waals surface area (Å²) in [6.45, 7) is 7.25. The van der Waals surface area contributed by atoms with Crippen LogP contribution in [-0.4, -0.2) is 82.7 Å². The molecule has 2 aromatic rings. The van der Waals surface area contributed by atoms with Gasteiger partial charge in [-0.25, -0.2) is 9.59 Å². The van der Waals surface area contributed by atoms with Crippen LogP contribution in [-0.2, 0) is 27.4 Å². The summed E-state index contributed by atoms with van der Waals surface area (Å²) in [5.74, 6) is 0.792. The van der Waals surface area contributed by atoms with E-state index in [9.17, 15) is 14.4 Å². The van der Waals surface area contributed by atoms with Gasteiger partial charge in [-0.05, 0) is 75.6 Å². The molecular weight excluding hydrogens is 476 g/mol. The molecule has 0 saturated carbocycles. The Morgan fingerprint density at radius 1 is 0.838 bits per heavy atom. The average Bonchev–Trinajstić information content (AvgIpc) is 3.61. The van der Waals surface area contributed by atoms with Gasteiger partial charge in [0, 0.05) is 45.5 Å². The van der Waals surface area contributed by atoms with Gasteiger partial charge in [-0.2, -0.15) is 10.2 Å². The highest BCUT2D eigenvalue weighted by Crippen LogP contribution is 2.21. The maximum Gasteiger partial charge on any atom is 0.358 e. The molecule has 0 aliphatic carbocycles. The van der Waals surface area contributed by atoms with Crippen LogP contribution in [0.2, 0.25) is 0 Å². The number of rotatable bonds is 8. The highest BCUT2D eigenvalue weighted by molar-refractivity contribution is 5.87. The Labute approximate surface area is 218 Å². The molecule has 2 saturated heterocycles. The van der Waals surface area contributed by atoms with Gasteiger partial charge in [0.1, 0.15) is 0 Å². The van der Waals surface area contributed by atoms with E-state index >= 15 is 0 Å². The summed E-state index contributed by atoms with van der Waals surface area (Å²) in [6, 6.07) is 3.37. The van der Waals surface area contributed by atoms with E-state index in [0.29, 0.717) is 17.3 Å². The summed E-state index contributed by atoms with van der Waals surface area (Å²) in [5, 5.41) is 11.7. The third-order valence-corrected chi connectivity index (χ3v) is 7.12. The third-order valence-electron chi connectivity index (χ3n) is 7.12. The van der Waals surface area contributed by atoms with Gasteiger partial charge in [-0.15, -0.1) is 0 Å². The van der Waals surface area contributed by atoms with Crippen molar-refractivity contribution in [3.63, 3.8) is 0 Å². The molecule has 0 spiro atoms. The first-order valence-corrected chi connectivity index (χ1v) is 13.1. The Morgan fingerprint density at radius 3 is 1.73 bits per heavy atom. The number of carbonyl (C=O) groups is 3. The SMILES string of the molecule is COC(=O)c1ccn(CCC2CCN(C(C)=O)CC2)n1.COC(=O)c1ccn(CCC2CCNCC2)n1. The molecule has 1 amide bonds. The number of aromatic nitrogens is 4. The lowest BCUT2D eigenvalue weighted by atomic mass is 9.93. The molecule has 204 valence electrons. The molecule has 2 aromatic heterocycles. The summed E-state index contributed by atoms with van der Waals surface area (Å²) < 4.78 is 12.9. The molecule has 0 unspecified atom stereocenters. The zero-order valence-corrected chi connectivity index (χ0v) is 22.2. The monoisotopic (exact) mass is 516 g/mol. The largest absolute Gasteiger partial charge is 0.464 e. The minimum Gasteiger partial charge on any atom is -0.464 e. The molecule has 4 heterocycles. The number of piperidine rings is 2. The number of likely N-dealkylation sites (tertiary alicyclic amines) is 1. The lowest BCUT2D eigenvalue weighted by Gasteiger charge is -2.31. The van der Waals surface area contributed by atoms with Crippen molar-refractivity contribution in [3.8, 4) is 0 Å². The minimum absolute atomic E-state index is 0.165. The van der Waals surface area contributed by atoms with Gasteiger partial charge in [0.05, 0.1) is 14.2 Å². The lowest BCUT2D eigenvalue weighted by molar-refractivity contribution is -0.130. The second-order valence-corrected chi connectivity index (χ2v) is 9.63. The number of esters is 2. The van der Waals surface area contributed by atoms with E-state index < -0.39 is 5.97 Å². The number of hydrogen-bond donors (Lipinski definition) is 1. The second-order valence-electron chi connectivity index (χ2n) is 9.63. The quantitative estimate of drug-likeness (QED) is 0.531. The molecular formula is C26H40N6O5. The molecule has 4 rings (SSSR count). The molecule has 37 heavy (non-hydrogen) atoms. The Morgan fingerprint density at radius 2 is 1.30 bits per heavy atom. The predicted molar refractivity (Wildman–Crippen MR) is 137 cm³/mol. The standard InChI is InChI=1S/C14H21N3O3.C12H19N3O2/c1-11(18)16-7-3-12(4-8-16)5-9-17-10-6-13(15-17)14(19)20-2;1-17-12(16)11-5-9-15(14-11)8-4-10-2-6-13-7-3-10/h6,10,12H,3-5,7-9H2,1-2H3;5,9-10,13H,2-4,6-8H2,1H3. The summed E-state index contributed by atoms with van der Waals surface area (Å²) in [5.41, 5.74) is 0.733. The Hall–Kier alpha value is -3.21. The number of ether oxygens (including phenoxy) is 2. The smallest absolute Gasteiger partial charge is 0.358 e. The highest BCUT2D eigenvalue weighted by Gasteiger charge is 2.20. The Balaban J connectivity index is 0.000000208. The van der Waals surface area contributed by atoms with E-state index in [1.165, 1.54) is 27.1 Å². The fourth-order valence-electron chi connectivity index (χ4n) is 4.74. The van der Waals surface area contributed by atoms with E-state index in [2.05, 4.69) is 25.0 Å². The number of nitrogens with zero attached hydrogens (tertiary/aromatic N) is 5. The Bertz CT molecular complexity index is 1000. The summed E-state index contributed by atoms with van der Waals surface area (Å²) in [4.78, 5) is 35.7. The zero-order chi connectivity index (χ0) is 26.6. The van der Waals surface area contributed by atoms with Gasteiger partial charge in [0.2, 0.25) is 5.91 Å². The molecule has 11 heteroatoms. The van der Waals surface area contributed by atoms with Crippen LogP contribution in [0.4, 0.5) is 0 Å². The van der Waals surface area contributed by atoms with Gasteiger partial charge in [-0.3, -0.25) is 14.2 Å². The molecule has 0 atom stereocenters. The summed E-state index contributed by atoms with van der Waals surface area (Å²) >= 11 is 0. The number of hydrogen-bond acceptors (Lipinski definition) is 8. The molecule has 0 radical (unpaired) electrons. The van der Waals surface area contributed by atoms with Crippen molar-refractivity contribution in [2.45, 2.75) is 58.5 Å². The van der Waals surface area contributed by atoms with Crippen LogP contribution >= 0.6 is 0 Å². The van der Waals surface area contributed by atoms with Crippen LogP contribution in [0.5, 0.6) is 0 Å². The summed E-state index contributed by atoms with van der Waals surface area (Å²) in [6.07, 6.45) is 10.4. The van der Waals surface area contributed by atoms with E-state index in [1.807, 2.05) is 15.8 Å². The van der Waals surface area contributed by atoms with E-state index in [0.717, 1.165) is 70.9 Å². The van der Waals surface area contributed by atoms with Crippen molar-refractivity contribution >= 4 is 17.8 Å². The molecule has 0 aromatic carbocycles. The number of amides is 1. The van der Waals surface area contributed by atoms with Crippen molar-refractivity contribution in [1.82, 2.24) is 29.8 Å². The Kier molecular flexibility index (Phi) is 11.1. The fraction of sp³-hybridized carbons (Fsp3) is 0.654. The van der Waals surface area contributed by atoms with E-state index in [-0.39, 0.29) is 11.9 Å². The first-order valence-electron chi connectivity index (χ1n) is 13.1. The van der Waals surface area contributed by atoms with Gasteiger partial charge < -0.3 is 19.7 Å². The fourth-order valence-corrected chi connectivity index (χ4v) is 4.74. The zero-order valence-electron chi connectivity index (χ0n) is 22.2. The van der Waals surface area contributed by atoms with E-state index in [4.69, 9.17) is 0 Å². The molecule has 0 bridgehead atoms. The highest BCUT2D eigenvalue weighted by atomic mass is 16.5. The average molecular weight is 517 g/mol. The first kappa shape index (κ1) is 28.4. The van der Waals surface area contributed by atoms with E-state index in [1.54, 1.807) is 29.9 Å². The topological polar surface area (TPSA) is 121 Å². The van der Waals surface area contributed by atoms with Crippen LogP contribution in [0.15, 0.2) is 24.5 Å². The predicted octanol–water partition coefficient (Wildman–Crippen LogP) is 2.38. The van der Waals surface area contributed by atoms with Gasteiger partial charge >= 0.3 is 11.9 Å². The number of methoxy groups -OCH3 is 2. The van der Waals surface area contributed by atoms with Gasteiger partial charge in [-0.1, -0.05) is 0 Å². The van der Waals surface area contributed by atoms with Crippen molar-refractivity contribution in [2.75, 3.05) is 40.4 Å². The van der Waals surface area contributed by atoms with Gasteiger partial charge in [0.15, 0.2) is 11.4 Å². The molecule has 2 aliphatic heterocycles. The first-order chi connectivity index (χ1) is 17.9. The normalized spacial score (nSPS) is 16.6. The van der Waals surface area contributed by atoms with Crippen molar-refractivity contribution in [1.29, 1.82) is 0 Å². The maximum atomic E-state index is 11.3. The van der Waals surface area contributed by atoms with Crippen LogP contribution in [0, 0.1) is 11.8 Å². The molecule has 2 fully saturated rings. The number of nitrogens with one attached hydrogen (secondary N) is 1. The van der Waals surface area contributed by atoms with Crippen molar-refractivity contribution in [2.24, 2.45) is 11.8 Å². The van der Waals surface area contributed by atoms with Crippen molar-refractivity contribution < 1.29 is 23.9 Å². The third kappa shape index (κ3) is 8.99. The lowest BCUT2D eigenvalue weighted by Crippen LogP contribution is -2.37. The number of aryl methyl sites for hydroxylation is 2. The van der Waals surface area contributed by atoms with Crippen LogP contribution in [0.1, 0.15) is 66.4 Å². The minimum atomic E-state index is -0.404. The van der Waals surface area contributed by atoms with Crippen LogP contribution in [0.3, 0.4) is 0 Å². The van der Waals surface area contributed by atoms with Crippen LogP contribution < -0.4 is 5.32 Å². The van der Waals surface area contributed by atoms with Crippen molar-refractivity contribution in [3.05, 3.63) is 35.9 Å². The number of carbonyl (C=O) groups excluding carboxylic acids is 3. The second kappa shape index (κ2) is 14.5. The van der Waals surface area contributed by atoms with Crippen LogP contribution in [0.25, 0.3) is 0 Å². The maximum absolute atomic E-state index is 11.3. The molecule has 1 N–H and O–H groups in total. The summed E-state index contributed by atoms with van der Waals surface area (Å²) in [7, 11) is 2.72. The molecule has 2 aliphatic rings. The molecule has 11 nitrogen and oxygen atoms in total. The van der Waals surface area contributed by atoms with Gasteiger partial charge in [0.25, 0.3) is 0 Å².